The molecule has 1 aromatic heterocycles. The van der Waals surface area contributed by atoms with Crippen LogP contribution in [0, 0.1) is 10.1 Å². The minimum absolute atomic E-state index is 0.0275. The number of rotatable bonds is 6. The summed E-state index contributed by atoms with van der Waals surface area (Å²) in [6.07, 6.45) is 3.79. The molecule has 0 spiro atoms. The molecule has 1 heterocycles. The number of aromatic nitrogens is 2. The van der Waals surface area contributed by atoms with Gasteiger partial charge in [0.15, 0.2) is 5.16 Å². The van der Waals surface area contributed by atoms with E-state index in [4.69, 9.17) is 0 Å². The van der Waals surface area contributed by atoms with Crippen LogP contribution in [0.2, 0.25) is 0 Å². The van der Waals surface area contributed by atoms with Gasteiger partial charge in [0, 0.05) is 24.1 Å². The lowest BCUT2D eigenvalue weighted by Gasteiger charge is -2.09. The number of nitro benzene ring substituents is 1. The summed E-state index contributed by atoms with van der Waals surface area (Å²) >= 11 is 1.39. The van der Waals surface area contributed by atoms with Crippen LogP contribution < -0.4 is 5.56 Å². The van der Waals surface area contributed by atoms with E-state index in [1.165, 1.54) is 23.9 Å². The van der Waals surface area contributed by atoms with Crippen LogP contribution in [-0.4, -0.2) is 21.1 Å². The molecular formula is C15H17N3O3S. The number of nitrogens with one attached hydrogen (secondary N) is 1. The fraction of sp³-hybridized carbons (Fsp3) is 0.333. The number of hydrogen-bond acceptors (Lipinski definition) is 5. The molecule has 0 amide bonds. The van der Waals surface area contributed by atoms with Gasteiger partial charge in [0.1, 0.15) is 0 Å². The van der Waals surface area contributed by atoms with Crippen LogP contribution in [0.3, 0.4) is 0 Å². The van der Waals surface area contributed by atoms with Crippen molar-refractivity contribution in [3.63, 3.8) is 0 Å². The van der Waals surface area contributed by atoms with E-state index in [9.17, 15) is 14.9 Å². The maximum absolute atomic E-state index is 12.3. The maximum Gasteiger partial charge on any atom is 0.269 e. The molecule has 0 radical (unpaired) electrons. The van der Waals surface area contributed by atoms with Crippen molar-refractivity contribution >= 4 is 17.4 Å². The Balaban J connectivity index is 2.42. The Bertz CT molecular complexity index is 743. The van der Waals surface area contributed by atoms with Crippen molar-refractivity contribution < 1.29 is 4.92 Å². The lowest BCUT2D eigenvalue weighted by molar-refractivity contribution is -0.384. The third kappa shape index (κ3) is 3.73. The second-order valence-corrected chi connectivity index (χ2v) is 5.65. The number of non-ortho nitro benzene ring substituents is 1. The summed E-state index contributed by atoms with van der Waals surface area (Å²) < 4.78 is 0. The van der Waals surface area contributed by atoms with E-state index in [2.05, 4.69) is 9.97 Å². The van der Waals surface area contributed by atoms with Crippen LogP contribution in [-0.2, 0) is 12.8 Å². The number of thioether (sulfide) groups is 1. The first kappa shape index (κ1) is 16.2. The summed E-state index contributed by atoms with van der Waals surface area (Å²) in [5.41, 5.74) is 1.94. The lowest BCUT2D eigenvalue weighted by atomic mass is 10.0. The molecule has 0 bridgehead atoms. The number of aromatic amines is 1. The number of nitrogens with zero attached hydrogens (tertiary/aromatic N) is 2. The molecule has 1 aromatic carbocycles. The van der Waals surface area contributed by atoms with Crippen LogP contribution in [0.5, 0.6) is 0 Å². The number of nitro groups is 1. The van der Waals surface area contributed by atoms with E-state index in [0.29, 0.717) is 23.6 Å². The van der Waals surface area contributed by atoms with Crippen LogP contribution in [0.4, 0.5) is 5.69 Å². The molecule has 116 valence electrons. The molecule has 0 aliphatic carbocycles. The SMILES string of the molecule is CCCc1nc(SC)[nH]c(=O)c1Cc1cccc([N+](=O)[O-])c1. The zero-order valence-corrected chi connectivity index (χ0v) is 13.3. The van der Waals surface area contributed by atoms with E-state index in [-0.39, 0.29) is 11.2 Å². The summed E-state index contributed by atoms with van der Waals surface area (Å²) in [7, 11) is 0. The fourth-order valence-corrected chi connectivity index (χ4v) is 2.62. The van der Waals surface area contributed by atoms with Crippen LogP contribution in [0.15, 0.2) is 34.2 Å². The van der Waals surface area contributed by atoms with Gasteiger partial charge in [-0.15, -0.1) is 0 Å². The Morgan fingerprint density at radius 1 is 1.41 bits per heavy atom. The quantitative estimate of drug-likeness (QED) is 0.383. The van der Waals surface area contributed by atoms with E-state index >= 15 is 0 Å². The molecule has 0 atom stereocenters. The van der Waals surface area contributed by atoms with Crippen LogP contribution in [0.1, 0.15) is 30.2 Å². The Labute approximate surface area is 132 Å². The highest BCUT2D eigenvalue weighted by atomic mass is 32.2. The zero-order valence-electron chi connectivity index (χ0n) is 12.5. The molecule has 22 heavy (non-hydrogen) atoms. The lowest BCUT2D eigenvalue weighted by Crippen LogP contribution is -2.19. The molecule has 0 aliphatic heterocycles. The van der Waals surface area contributed by atoms with Gasteiger partial charge in [0.25, 0.3) is 11.2 Å². The largest absolute Gasteiger partial charge is 0.301 e. The van der Waals surface area contributed by atoms with Gasteiger partial charge in [-0.2, -0.15) is 0 Å². The highest BCUT2D eigenvalue weighted by Crippen LogP contribution is 2.18. The summed E-state index contributed by atoms with van der Waals surface area (Å²) in [4.78, 5) is 29.9. The molecule has 0 unspecified atom stereocenters. The standard InChI is InChI=1S/C15H17N3O3S/c1-3-5-13-12(14(19)17-15(16-13)22-2)9-10-6-4-7-11(8-10)18(20)21/h4,6-8H,3,5,9H2,1-2H3,(H,16,17,19). The number of aryl methyl sites for hydroxylation is 1. The average molecular weight is 319 g/mol. The smallest absolute Gasteiger partial charge is 0.269 e. The minimum atomic E-state index is -0.435. The van der Waals surface area contributed by atoms with Crippen LogP contribution in [0.25, 0.3) is 0 Å². The molecule has 7 heteroatoms. The third-order valence-corrected chi connectivity index (χ3v) is 3.84. The molecule has 0 fully saturated rings. The molecule has 6 nitrogen and oxygen atoms in total. The number of H-pyrrole nitrogens is 1. The van der Waals surface area contributed by atoms with Crippen molar-refractivity contribution in [1.29, 1.82) is 0 Å². The normalized spacial score (nSPS) is 10.6. The molecule has 2 aromatic rings. The van der Waals surface area contributed by atoms with E-state index < -0.39 is 4.92 Å². The first-order valence-electron chi connectivity index (χ1n) is 6.94. The van der Waals surface area contributed by atoms with Gasteiger partial charge in [-0.1, -0.05) is 37.2 Å². The highest BCUT2D eigenvalue weighted by molar-refractivity contribution is 7.98. The van der Waals surface area contributed by atoms with Gasteiger partial charge >= 0.3 is 0 Å². The van der Waals surface area contributed by atoms with Gasteiger partial charge in [-0.05, 0) is 18.2 Å². The monoisotopic (exact) mass is 319 g/mol. The van der Waals surface area contributed by atoms with Gasteiger partial charge < -0.3 is 4.98 Å². The topological polar surface area (TPSA) is 88.9 Å². The summed E-state index contributed by atoms with van der Waals surface area (Å²) in [5.74, 6) is 0. The van der Waals surface area contributed by atoms with Crippen molar-refractivity contribution in [2.45, 2.75) is 31.3 Å². The first-order valence-corrected chi connectivity index (χ1v) is 8.17. The molecule has 0 saturated heterocycles. The van der Waals surface area contributed by atoms with E-state index in [1.54, 1.807) is 12.1 Å². The van der Waals surface area contributed by atoms with Gasteiger partial charge in [-0.25, -0.2) is 4.98 Å². The fourth-order valence-electron chi connectivity index (χ4n) is 2.23. The van der Waals surface area contributed by atoms with Crippen molar-refractivity contribution in [3.05, 3.63) is 61.6 Å². The molecule has 1 N–H and O–H groups in total. The van der Waals surface area contributed by atoms with Gasteiger partial charge in [0.05, 0.1) is 10.6 Å². The highest BCUT2D eigenvalue weighted by Gasteiger charge is 2.13. The Hall–Kier alpha value is -2.15. The second kappa shape index (κ2) is 7.22. The van der Waals surface area contributed by atoms with E-state index in [0.717, 1.165) is 17.7 Å². The predicted octanol–water partition coefficient (Wildman–Crippen LogP) is 2.94. The average Bonchev–Trinajstić information content (AvgIpc) is 2.50. The first-order chi connectivity index (χ1) is 10.5. The summed E-state index contributed by atoms with van der Waals surface area (Å²) in [5, 5.41) is 11.4. The third-order valence-electron chi connectivity index (χ3n) is 3.26. The summed E-state index contributed by atoms with van der Waals surface area (Å²) in [6, 6.07) is 6.35. The maximum atomic E-state index is 12.3. The number of hydrogen-bond donors (Lipinski definition) is 1. The Kier molecular flexibility index (Phi) is 5.32. The Morgan fingerprint density at radius 2 is 2.18 bits per heavy atom. The molecule has 2 rings (SSSR count). The zero-order chi connectivity index (χ0) is 16.1. The van der Waals surface area contributed by atoms with Crippen molar-refractivity contribution in [2.24, 2.45) is 0 Å². The predicted molar refractivity (Wildman–Crippen MR) is 86.5 cm³/mol. The van der Waals surface area contributed by atoms with Crippen molar-refractivity contribution in [3.8, 4) is 0 Å². The van der Waals surface area contributed by atoms with Crippen molar-refractivity contribution in [2.75, 3.05) is 6.26 Å². The van der Waals surface area contributed by atoms with Crippen LogP contribution >= 0.6 is 11.8 Å². The van der Waals surface area contributed by atoms with E-state index in [1.807, 2.05) is 13.2 Å². The van der Waals surface area contributed by atoms with Gasteiger partial charge in [0.2, 0.25) is 0 Å². The van der Waals surface area contributed by atoms with Crippen molar-refractivity contribution in [1.82, 2.24) is 9.97 Å². The number of benzene rings is 1. The minimum Gasteiger partial charge on any atom is -0.301 e. The van der Waals surface area contributed by atoms with Gasteiger partial charge in [-0.3, -0.25) is 14.9 Å². The molecular weight excluding hydrogens is 302 g/mol. The molecule has 0 saturated carbocycles. The Morgan fingerprint density at radius 3 is 2.82 bits per heavy atom. The summed E-state index contributed by atoms with van der Waals surface area (Å²) in [6.45, 7) is 2.03. The second-order valence-electron chi connectivity index (χ2n) is 4.85. The molecule has 0 aliphatic rings.